The SMILES string of the molecule is OCC1C(C(F)F)NC(C(F)(F)F)C(C(F)C2CCC(Cl)CC2)C1C1CCCCC1. The maximum atomic E-state index is 15.9. The molecule has 0 bridgehead atoms. The van der Waals surface area contributed by atoms with Crippen molar-refractivity contribution in [3.8, 4) is 0 Å². The second kappa shape index (κ2) is 10.2. The first-order valence-corrected chi connectivity index (χ1v) is 11.6. The lowest BCUT2D eigenvalue weighted by molar-refractivity contribution is -0.212. The Balaban J connectivity index is 1.98. The lowest BCUT2D eigenvalue weighted by atomic mass is 9.59. The maximum absolute atomic E-state index is 15.9. The van der Waals surface area contributed by atoms with Crippen molar-refractivity contribution in [2.75, 3.05) is 6.61 Å². The van der Waals surface area contributed by atoms with Crippen LogP contribution in [-0.2, 0) is 0 Å². The van der Waals surface area contributed by atoms with Gasteiger partial charge in [-0.05, 0) is 43.4 Å². The standard InChI is InChI=1S/C21H32ClF6NO/c22-13-8-6-12(7-9-13)17(23)16-15(11-4-2-1-3-5-11)14(10-30)18(20(24)25)29-19(16)21(26,27)28/h11-20,29-30H,1-10H2. The Morgan fingerprint density at radius 2 is 1.53 bits per heavy atom. The summed E-state index contributed by atoms with van der Waals surface area (Å²) < 4.78 is 85.4. The molecule has 2 saturated carbocycles. The second-order valence-electron chi connectivity index (χ2n) is 9.40. The van der Waals surface area contributed by atoms with Crippen LogP contribution in [0.25, 0.3) is 0 Å². The minimum atomic E-state index is -4.85. The maximum Gasteiger partial charge on any atom is 0.404 e. The smallest absolute Gasteiger partial charge is 0.396 e. The van der Waals surface area contributed by atoms with Gasteiger partial charge in [-0.25, -0.2) is 13.2 Å². The lowest BCUT2D eigenvalue weighted by Crippen LogP contribution is -2.68. The molecule has 0 radical (unpaired) electrons. The van der Waals surface area contributed by atoms with Crippen molar-refractivity contribution < 1.29 is 31.4 Å². The fourth-order valence-electron chi connectivity index (χ4n) is 6.29. The van der Waals surface area contributed by atoms with Crippen molar-refractivity contribution in [2.24, 2.45) is 29.6 Å². The van der Waals surface area contributed by atoms with E-state index in [0.717, 1.165) is 19.3 Å². The van der Waals surface area contributed by atoms with Crippen LogP contribution in [0, 0.1) is 29.6 Å². The van der Waals surface area contributed by atoms with Crippen molar-refractivity contribution in [1.82, 2.24) is 5.32 Å². The molecule has 0 aromatic carbocycles. The number of nitrogens with one attached hydrogen (secondary N) is 1. The molecule has 2 aliphatic carbocycles. The Morgan fingerprint density at radius 1 is 0.933 bits per heavy atom. The number of aliphatic hydroxyl groups is 1. The summed E-state index contributed by atoms with van der Waals surface area (Å²) in [4.78, 5) is 0. The molecular formula is C21H32ClF6NO. The Kier molecular flexibility index (Phi) is 8.27. The van der Waals surface area contributed by atoms with Gasteiger partial charge in [-0.15, -0.1) is 11.6 Å². The van der Waals surface area contributed by atoms with Crippen molar-refractivity contribution >= 4 is 11.6 Å². The van der Waals surface area contributed by atoms with Crippen LogP contribution in [0.4, 0.5) is 26.3 Å². The summed E-state index contributed by atoms with van der Waals surface area (Å²) >= 11 is 6.09. The summed E-state index contributed by atoms with van der Waals surface area (Å²) in [6, 6.07) is -4.13. The summed E-state index contributed by atoms with van der Waals surface area (Å²) in [5.41, 5.74) is 0. The molecule has 176 valence electrons. The molecular weight excluding hydrogens is 432 g/mol. The molecule has 3 fully saturated rings. The first kappa shape index (κ1) is 24.4. The first-order chi connectivity index (χ1) is 14.1. The Bertz CT molecular complexity index is 536. The van der Waals surface area contributed by atoms with E-state index in [4.69, 9.17) is 11.6 Å². The highest BCUT2D eigenvalue weighted by atomic mass is 35.5. The first-order valence-electron chi connectivity index (χ1n) is 11.1. The third-order valence-electron chi connectivity index (χ3n) is 7.71. The van der Waals surface area contributed by atoms with Crippen LogP contribution in [0.2, 0.25) is 0 Å². The third-order valence-corrected chi connectivity index (χ3v) is 8.14. The van der Waals surface area contributed by atoms with E-state index < -0.39 is 61.1 Å². The van der Waals surface area contributed by atoms with E-state index in [1.807, 2.05) is 5.32 Å². The van der Waals surface area contributed by atoms with Crippen molar-refractivity contribution in [3.63, 3.8) is 0 Å². The Hall–Kier alpha value is -0.210. The van der Waals surface area contributed by atoms with E-state index in [2.05, 4.69) is 0 Å². The minimum absolute atomic E-state index is 0.0983. The lowest BCUT2D eigenvalue weighted by Gasteiger charge is -2.53. The molecule has 6 atom stereocenters. The van der Waals surface area contributed by atoms with Crippen LogP contribution < -0.4 is 5.32 Å². The van der Waals surface area contributed by atoms with Crippen LogP contribution in [0.5, 0.6) is 0 Å². The topological polar surface area (TPSA) is 32.3 Å². The number of piperidine rings is 1. The van der Waals surface area contributed by atoms with Crippen molar-refractivity contribution in [1.29, 1.82) is 0 Å². The quantitative estimate of drug-likeness (QED) is 0.404. The van der Waals surface area contributed by atoms with Gasteiger partial charge in [0.05, 0.1) is 6.04 Å². The molecule has 0 spiro atoms. The molecule has 3 aliphatic rings. The molecule has 1 saturated heterocycles. The highest BCUT2D eigenvalue weighted by Gasteiger charge is 2.60. The van der Waals surface area contributed by atoms with E-state index >= 15 is 4.39 Å². The predicted octanol–water partition coefficient (Wildman–Crippen LogP) is 5.71. The average molecular weight is 464 g/mol. The van der Waals surface area contributed by atoms with Gasteiger partial charge in [0.25, 0.3) is 6.43 Å². The van der Waals surface area contributed by atoms with E-state index in [9.17, 15) is 27.1 Å². The van der Waals surface area contributed by atoms with Gasteiger partial charge in [-0.2, -0.15) is 13.2 Å². The van der Waals surface area contributed by atoms with Gasteiger partial charge in [0.1, 0.15) is 12.2 Å². The second-order valence-corrected chi connectivity index (χ2v) is 10.0. The molecule has 9 heteroatoms. The number of hydrogen-bond donors (Lipinski definition) is 2. The fourth-order valence-corrected chi connectivity index (χ4v) is 6.54. The zero-order valence-corrected chi connectivity index (χ0v) is 17.7. The monoisotopic (exact) mass is 463 g/mol. The predicted molar refractivity (Wildman–Crippen MR) is 103 cm³/mol. The Labute approximate surface area is 179 Å². The molecule has 0 amide bonds. The Morgan fingerprint density at radius 3 is 2.03 bits per heavy atom. The largest absolute Gasteiger partial charge is 0.404 e. The van der Waals surface area contributed by atoms with Gasteiger partial charge in [0.15, 0.2) is 0 Å². The third kappa shape index (κ3) is 5.22. The van der Waals surface area contributed by atoms with Crippen LogP contribution in [0.1, 0.15) is 57.8 Å². The number of rotatable bonds is 5. The van der Waals surface area contributed by atoms with Gasteiger partial charge in [0.2, 0.25) is 0 Å². The summed E-state index contributed by atoms with van der Waals surface area (Å²) in [5.74, 6) is -4.34. The minimum Gasteiger partial charge on any atom is -0.396 e. The molecule has 3 rings (SSSR count). The number of alkyl halides is 7. The van der Waals surface area contributed by atoms with Gasteiger partial charge in [-0.3, -0.25) is 5.32 Å². The molecule has 6 unspecified atom stereocenters. The highest BCUT2D eigenvalue weighted by Crippen LogP contribution is 2.51. The summed E-state index contributed by atoms with van der Waals surface area (Å²) in [6.07, 6.45) is -4.08. The van der Waals surface area contributed by atoms with E-state index in [-0.39, 0.29) is 11.3 Å². The molecule has 1 aliphatic heterocycles. The zero-order valence-electron chi connectivity index (χ0n) is 16.9. The summed E-state index contributed by atoms with van der Waals surface area (Å²) in [5, 5.41) is 11.9. The number of hydrogen-bond acceptors (Lipinski definition) is 2. The molecule has 0 aromatic rings. The number of halogens is 7. The summed E-state index contributed by atoms with van der Waals surface area (Å²) in [7, 11) is 0. The average Bonchev–Trinajstić information content (AvgIpc) is 2.72. The van der Waals surface area contributed by atoms with Gasteiger partial charge in [0, 0.05) is 23.8 Å². The molecule has 2 N–H and O–H groups in total. The fraction of sp³-hybridized carbons (Fsp3) is 1.00. The van der Waals surface area contributed by atoms with Crippen LogP contribution >= 0.6 is 11.6 Å². The molecule has 2 nitrogen and oxygen atoms in total. The number of aliphatic hydroxyl groups excluding tert-OH is 1. The van der Waals surface area contributed by atoms with Gasteiger partial charge < -0.3 is 5.11 Å². The highest BCUT2D eigenvalue weighted by molar-refractivity contribution is 6.20. The van der Waals surface area contributed by atoms with Crippen molar-refractivity contribution in [2.45, 2.75) is 94.0 Å². The van der Waals surface area contributed by atoms with Crippen molar-refractivity contribution in [3.05, 3.63) is 0 Å². The van der Waals surface area contributed by atoms with E-state index in [1.54, 1.807) is 0 Å². The van der Waals surface area contributed by atoms with Crippen LogP contribution in [0.3, 0.4) is 0 Å². The van der Waals surface area contributed by atoms with Gasteiger partial charge >= 0.3 is 6.18 Å². The van der Waals surface area contributed by atoms with E-state index in [1.165, 1.54) is 0 Å². The zero-order chi connectivity index (χ0) is 22.1. The normalized spacial score (nSPS) is 40.5. The van der Waals surface area contributed by atoms with Crippen LogP contribution in [0.15, 0.2) is 0 Å². The summed E-state index contributed by atoms with van der Waals surface area (Å²) in [6.45, 7) is -0.675. The molecule has 1 heterocycles. The van der Waals surface area contributed by atoms with Gasteiger partial charge in [-0.1, -0.05) is 32.1 Å². The van der Waals surface area contributed by atoms with Crippen LogP contribution in [-0.4, -0.2) is 47.9 Å². The van der Waals surface area contributed by atoms with E-state index in [0.29, 0.717) is 38.5 Å². The molecule has 0 aromatic heterocycles. The molecule has 30 heavy (non-hydrogen) atoms.